The zero-order valence-electron chi connectivity index (χ0n) is 10.7. The Morgan fingerprint density at radius 1 is 1.19 bits per heavy atom. The predicted octanol–water partition coefficient (Wildman–Crippen LogP) is 1.17. The maximum atomic E-state index is 10.0. The van der Waals surface area contributed by atoms with Crippen LogP contribution in [0.3, 0.4) is 0 Å². The Morgan fingerprint density at radius 2 is 1.94 bits per heavy atom. The molecule has 1 heterocycles. The Kier molecular flexibility index (Phi) is 4.22. The van der Waals surface area contributed by atoms with Gasteiger partial charge in [-0.2, -0.15) is 0 Å². The SMILES string of the molecule is CC1CN(C)CCN1CC1CCCCC1O. The summed E-state index contributed by atoms with van der Waals surface area (Å²) in [7, 11) is 2.20. The summed E-state index contributed by atoms with van der Waals surface area (Å²) in [6.07, 6.45) is 4.73. The van der Waals surface area contributed by atoms with E-state index >= 15 is 0 Å². The molecule has 0 aromatic heterocycles. The van der Waals surface area contributed by atoms with Gasteiger partial charge in [-0.25, -0.2) is 0 Å². The number of aliphatic hydroxyl groups is 1. The molecule has 3 atom stereocenters. The Labute approximate surface area is 99.4 Å². The van der Waals surface area contributed by atoms with Crippen molar-refractivity contribution < 1.29 is 5.11 Å². The van der Waals surface area contributed by atoms with E-state index in [1.165, 1.54) is 38.9 Å². The minimum Gasteiger partial charge on any atom is -0.393 e. The second kappa shape index (κ2) is 5.48. The van der Waals surface area contributed by atoms with Crippen LogP contribution in [0, 0.1) is 5.92 Å². The molecule has 94 valence electrons. The monoisotopic (exact) mass is 226 g/mol. The van der Waals surface area contributed by atoms with Crippen LogP contribution >= 0.6 is 0 Å². The Morgan fingerprint density at radius 3 is 2.62 bits per heavy atom. The molecular formula is C13H26N2O. The lowest BCUT2D eigenvalue weighted by Crippen LogP contribution is -2.52. The first-order chi connectivity index (χ1) is 7.66. The minimum absolute atomic E-state index is 0.0411. The lowest BCUT2D eigenvalue weighted by atomic mass is 9.86. The van der Waals surface area contributed by atoms with Crippen LogP contribution in [0.25, 0.3) is 0 Å². The average molecular weight is 226 g/mol. The molecule has 1 N–H and O–H groups in total. The van der Waals surface area contributed by atoms with Crippen LogP contribution in [0.4, 0.5) is 0 Å². The zero-order valence-corrected chi connectivity index (χ0v) is 10.7. The van der Waals surface area contributed by atoms with Crippen LogP contribution in [0.2, 0.25) is 0 Å². The van der Waals surface area contributed by atoms with Crippen LogP contribution in [0.1, 0.15) is 32.6 Å². The number of nitrogens with zero attached hydrogens (tertiary/aromatic N) is 2. The first-order valence-electron chi connectivity index (χ1n) is 6.77. The van der Waals surface area contributed by atoms with Gasteiger partial charge in [-0.15, -0.1) is 0 Å². The molecule has 3 heteroatoms. The first-order valence-corrected chi connectivity index (χ1v) is 6.77. The van der Waals surface area contributed by atoms with E-state index in [9.17, 15) is 5.11 Å². The number of hydrogen-bond donors (Lipinski definition) is 1. The molecule has 0 amide bonds. The lowest BCUT2D eigenvalue weighted by molar-refractivity contribution is 0.0190. The van der Waals surface area contributed by atoms with Gasteiger partial charge in [-0.3, -0.25) is 4.90 Å². The molecule has 3 unspecified atom stereocenters. The van der Waals surface area contributed by atoms with Gasteiger partial charge < -0.3 is 10.0 Å². The van der Waals surface area contributed by atoms with Gasteiger partial charge in [0.15, 0.2) is 0 Å². The van der Waals surface area contributed by atoms with Crippen LogP contribution in [-0.2, 0) is 0 Å². The van der Waals surface area contributed by atoms with Gasteiger partial charge in [0.25, 0.3) is 0 Å². The molecule has 0 aromatic carbocycles. The fourth-order valence-electron chi connectivity index (χ4n) is 3.15. The molecule has 1 aliphatic carbocycles. The standard InChI is InChI=1S/C13H26N2O/c1-11-9-14(2)7-8-15(11)10-12-5-3-4-6-13(12)16/h11-13,16H,3-10H2,1-2H3. The molecule has 2 aliphatic rings. The lowest BCUT2D eigenvalue weighted by Gasteiger charge is -2.41. The zero-order chi connectivity index (χ0) is 11.5. The highest BCUT2D eigenvalue weighted by atomic mass is 16.3. The number of hydrogen-bond acceptors (Lipinski definition) is 3. The highest BCUT2D eigenvalue weighted by Gasteiger charge is 2.28. The van der Waals surface area contributed by atoms with Gasteiger partial charge in [0.05, 0.1) is 6.10 Å². The predicted molar refractivity (Wildman–Crippen MR) is 66.5 cm³/mol. The van der Waals surface area contributed by atoms with Crippen molar-refractivity contribution in [2.75, 3.05) is 33.2 Å². The number of aliphatic hydroxyl groups excluding tert-OH is 1. The van der Waals surface area contributed by atoms with Gasteiger partial charge >= 0.3 is 0 Å². The van der Waals surface area contributed by atoms with Crippen LogP contribution in [0.5, 0.6) is 0 Å². The summed E-state index contributed by atoms with van der Waals surface area (Å²) in [5, 5.41) is 10.0. The second-order valence-electron chi connectivity index (χ2n) is 5.72. The Bertz CT molecular complexity index is 222. The van der Waals surface area contributed by atoms with Crippen molar-refractivity contribution in [3.63, 3.8) is 0 Å². The van der Waals surface area contributed by atoms with E-state index in [-0.39, 0.29) is 6.10 Å². The Hall–Kier alpha value is -0.120. The molecule has 3 nitrogen and oxygen atoms in total. The van der Waals surface area contributed by atoms with Crippen molar-refractivity contribution in [1.29, 1.82) is 0 Å². The van der Waals surface area contributed by atoms with E-state index in [1.54, 1.807) is 0 Å². The number of piperazine rings is 1. The highest BCUT2D eigenvalue weighted by Crippen LogP contribution is 2.26. The molecule has 0 bridgehead atoms. The van der Waals surface area contributed by atoms with E-state index in [0.29, 0.717) is 12.0 Å². The summed E-state index contributed by atoms with van der Waals surface area (Å²) in [5.41, 5.74) is 0. The van der Waals surface area contributed by atoms with Gasteiger partial charge in [0.2, 0.25) is 0 Å². The Balaban J connectivity index is 1.83. The van der Waals surface area contributed by atoms with Gasteiger partial charge in [-0.05, 0) is 32.7 Å². The molecule has 0 spiro atoms. The van der Waals surface area contributed by atoms with E-state index < -0.39 is 0 Å². The summed E-state index contributed by atoms with van der Waals surface area (Å²) < 4.78 is 0. The molecule has 2 rings (SSSR count). The van der Waals surface area contributed by atoms with Gasteiger partial charge in [0.1, 0.15) is 0 Å². The van der Waals surface area contributed by atoms with Gasteiger partial charge in [-0.1, -0.05) is 12.8 Å². The molecule has 1 saturated heterocycles. The van der Waals surface area contributed by atoms with E-state index in [1.807, 2.05) is 0 Å². The smallest absolute Gasteiger partial charge is 0.0580 e. The van der Waals surface area contributed by atoms with Crippen LogP contribution in [0.15, 0.2) is 0 Å². The van der Waals surface area contributed by atoms with Gasteiger partial charge in [0, 0.05) is 32.2 Å². The van der Waals surface area contributed by atoms with Crippen molar-refractivity contribution >= 4 is 0 Å². The van der Waals surface area contributed by atoms with E-state index in [0.717, 1.165) is 13.0 Å². The summed E-state index contributed by atoms with van der Waals surface area (Å²) in [6.45, 7) is 6.93. The number of likely N-dealkylation sites (N-methyl/N-ethyl adjacent to an activating group) is 1. The fourth-order valence-corrected chi connectivity index (χ4v) is 3.15. The molecule has 16 heavy (non-hydrogen) atoms. The molecular weight excluding hydrogens is 200 g/mol. The van der Waals surface area contributed by atoms with E-state index in [4.69, 9.17) is 0 Å². The first kappa shape index (κ1) is 12.3. The highest BCUT2D eigenvalue weighted by molar-refractivity contribution is 4.83. The van der Waals surface area contributed by atoms with Crippen molar-refractivity contribution in [2.45, 2.75) is 44.8 Å². The third-order valence-electron chi connectivity index (χ3n) is 4.31. The second-order valence-corrected chi connectivity index (χ2v) is 5.72. The van der Waals surface area contributed by atoms with Crippen molar-refractivity contribution in [1.82, 2.24) is 9.80 Å². The van der Waals surface area contributed by atoms with Crippen LogP contribution in [-0.4, -0.2) is 60.3 Å². The molecule has 0 aromatic rings. The van der Waals surface area contributed by atoms with Crippen molar-refractivity contribution in [3.8, 4) is 0 Å². The molecule has 0 radical (unpaired) electrons. The average Bonchev–Trinajstić information content (AvgIpc) is 2.25. The maximum absolute atomic E-state index is 10.0. The summed E-state index contributed by atoms with van der Waals surface area (Å²) in [5.74, 6) is 0.527. The quantitative estimate of drug-likeness (QED) is 0.766. The summed E-state index contributed by atoms with van der Waals surface area (Å²) >= 11 is 0. The van der Waals surface area contributed by atoms with Crippen molar-refractivity contribution in [2.24, 2.45) is 5.92 Å². The largest absolute Gasteiger partial charge is 0.393 e. The maximum Gasteiger partial charge on any atom is 0.0580 e. The van der Waals surface area contributed by atoms with Crippen LogP contribution < -0.4 is 0 Å². The third-order valence-corrected chi connectivity index (χ3v) is 4.31. The molecule has 1 aliphatic heterocycles. The third kappa shape index (κ3) is 2.96. The molecule has 1 saturated carbocycles. The number of rotatable bonds is 2. The van der Waals surface area contributed by atoms with Crippen molar-refractivity contribution in [3.05, 3.63) is 0 Å². The summed E-state index contributed by atoms with van der Waals surface area (Å²) in [4.78, 5) is 4.97. The fraction of sp³-hybridized carbons (Fsp3) is 1.00. The molecule has 2 fully saturated rings. The summed E-state index contributed by atoms with van der Waals surface area (Å²) in [6, 6.07) is 0.646. The topological polar surface area (TPSA) is 26.7 Å². The minimum atomic E-state index is -0.0411. The normalized spacial score (nSPS) is 38.8. The van der Waals surface area contributed by atoms with E-state index in [2.05, 4.69) is 23.8 Å².